The molecule has 9 rings (SSSR count). The number of nitrogens with zero attached hydrogens (tertiary/aromatic N) is 2. The van der Waals surface area contributed by atoms with Gasteiger partial charge in [-0.05, 0) is 123 Å². The maximum atomic E-state index is 7.24. The van der Waals surface area contributed by atoms with Crippen LogP contribution in [0.25, 0.3) is 11.0 Å². The average molecular weight is 757 g/mol. The first kappa shape index (κ1) is 37.5. The van der Waals surface area contributed by atoms with Crippen molar-refractivity contribution in [1.29, 1.82) is 0 Å². The van der Waals surface area contributed by atoms with Crippen molar-refractivity contribution in [2.24, 2.45) is 0 Å². The maximum absolute atomic E-state index is 7.24. The fourth-order valence-electron chi connectivity index (χ4n) is 9.20. The van der Waals surface area contributed by atoms with Gasteiger partial charge in [-0.2, -0.15) is 0 Å². The summed E-state index contributed by atoms with van der Waals surface area (Å²) in [5.74, 6) is 2.46. The predicted octanol–water partition coefficient (Wildman–Crippen LogP) is 12.1. The zero-order chi connectivity index (χ0) is 40.7. The van der Waals surface area contributed by atoms with Crippen molar-refractivity contribution in [2.45, 2.75) is 119 Å². The fraction of sp³-hybridized carbons (Fsp3) is 0.373. The van der Waals surface area contributed by atoms with E-state index in [-0.39, 0.29) is 35.2 Å². The van der Waals surface area contributed by atoms with Gasteiger partial charge in [-0.1, -0.05) is 113 Å². The van der Waals surface area contributed by atoms with Crippen LogP contribution in [0.4, 0.5) is 34.3 Å². The first-order valence-corrected chi connectivity index (χ1v) is 20.6. The predicted molar refractivity (Wildman–Crippen MR) is 241 cm³/mol. The minimum atomic E-state index is -0.139. The third kappa shape index (κ3) is 5.80. The van der Waals surface area contributed by atoms with Crippen LogP contribution in [0.3, 0.4) is 0 Å². The molecule has 57 heavy (non-hydrogen) atoms. The average Bonchev–Trinajstić information content (AvgIpc) is 3.75. The Hall–Kier alpha value is -5.10. The lowest BCUT2D eigenvalue weighted by atomic mass is 9.33. The van der Waals surface area contributed by atoms with Crippen LogP contribution in [0.1, 0.15) is 116 Å². The maximum Gasteiger partial charge on any atom is 0.257 e. The zero-order valence-electron chi connectivity index (χ0n) is 36.4. The Morgan fingerprint density at radius 3 is 1.75 bits per heavy atom. The molecule has 292 valence electrons. The number of anilines is 6. The summed E-state index contributed by atoms with van der Waals surface area (Å²) in [6.45, 7) is 32.1. The number of ether oxygens (including phenoxy) is 2. The van der Waals surface area contributed by atoms with E-state index >= 15 is 0 Å². The Kier molecular flexibility index (Phi) is 8.03. The van der Waals surface area contributed by atoms with Crippen LogP contribution in [0.5, 0.6) is 11.5 Å². The van der Waals surface area contributed by atoms with E-state index in [1.807, 2.05) is 0 Å². The molecule has 1 aromatic heterocycles. The molecule has 5 aromatic carbocycles. The summed E-state index contributed by atoms with van der Waals surface area (Å²) in [7, 11) is 0. The summed E-state index contributed by atoms with van der Waals surface area (Å²) in [4.78, 5) is 4.95. The molecule has 0 saturated heterocycles. The van der Waals surface area contributed by atoms with E-state index in [4.69, 9.17) is 13.9 Å². The molecule has 3 aliphatic heterocycles. The van der Waals surface area contributed by atoms with Crippen molar-refractivity contribution in [2.75, 3.05) is 16.6 Å². The molecule has 4 heterocycles. The van der Waals surface area contributed by atoms with Gasteiger partial charge in [0.05, 0.1) is 5.69 Å². The lowest BCUT2D eigenvalue weighted by Gasteiger charge is -2.44. The molecule has 0 fully saturated rings. The molecule has 0 spiro atoms. The highest BCUT2D eigenvalue weighted by Crippen LogP contribution is 2.52. The molecule has 6 heteroatoms. The van der Waals surface area contributed by atoms with Gasteiger partial charge in [0.2, 0.25) is 12.7 Å². The molecular weight excluding hydrogens is 699 g/mol. The number of rotatable bonds is 2. The molecule has 6 aromatic rings. The number of aryl methyl sites for hydroxylation is 1. The molecule has 0 saturated carbocycles. The Morgan fingerprint density at radius 2 is 1.12 bits per heavy atom. The van der Waals surface area contributed by atoms with Crippen molar-refractivity contribution in [3.05, 3.63) is 112 Å². The van der Waals surface area contributed by atoms with Gasteiger partial charge in [-0.15, -0.1) is 0 Å². The Balaban J connectivity index is 1.45. The Labute approximate surface area is 340 Å². The molecular formula is C51H57BN2O3. The van der Waals surface area contributed by atoms with Gasteiger partial charge in [0, 0.05) is 39.2 Å². The number of hydrogen-bond donors (Lipinski definition) is 0. The van der Waals surface area contributed by atoms with E-state index in [2.05, 4.69) is 186 Å². The van der Waals surface area contributed by atoms with Crippen LogP contribution >= 0.6 is 0 Å². The molecule has 0 atom stereocenters. The first-order chi connectivity index (χ1) is 26.6. The van der Waals surface area contributed by atoms with Crippen molar-refractivity contribution in [3.63, 3.8) is 0 Å². The Morgan fingerprint density at radius 1 is 0.544 bits per heavy atom. The van der Waals surface area contributed by atoms with E-state index in [1.54, 1.807) is 0 Å². The van der Waals surface area contributed by atoms with Crippen LogP contribution in [0.2, 0.25) is 0 Å². The SMILES string of the molecule is Cc1cc2c(c(C)c1N1c3cc(C(C)(C)C)cc4c3B(c3cc(C(C)(C)C)ccc3N4c3ccc(C(C)(C)C)cc3)c3c1oc1ccc(C(C)(C)C)cc31)OCO2. The van der Waals surface area contributed by atoms with Crippen LogP contribution in [-0.2, 0) is 21.7 Å². The van der Waals surface area contributed by atoms with Crippen LogP contribution < -0.4 is 35.7 Å². The van der Waals surface area contributed by atoms with Crippen LogP contribution in [0, 0.1) is 13.8 Å². The van der Waals surface area contributed by atoms with Gasteiger partial charge in [0.15, 0.2) is 11.5 Å². The molecule has 0 aliphatic carbocycles. The third-order valence-electron chi connectivity index (χ3n) is 12.6. The number of benzene rings is 5. The highest BCUT2D eigenvalue weighted by Gasteiger charge is 2.48. The zero-order valence-corrected chi connectivity index (χ0v) is 36.4. The fourth-order valence-corrected chi connectivity index (χ4v) is 9.20. The summed E-state index contributed by atoms with van der Waals surface area (Å²) in [6, 6.07) is 30.3. The van der Waals surface area contributed by atoms with Gasteiger partial charge in [-0.3, -0.25) is 4.90 Å². The number of furan rings is 1. The van der Waals surface area contributed by atoms with Crippen LogP contribution in [0.15, 0.2) is 83.3 Å². The lowest BCUT2D eigenvalue weighted by molar-refractivity contribution is 0.173. The second-order valence-electron chi connectivity index (χ2n) is 20.8. The van der Waals surface area contributed by atoms with E-state index in [0.717, 1.165) is 56.5 Å². The topological polar surface area (TPSA) is 38.1 Å². The normalized spacial score (nSPS) is 14.9. The molecule has 0 N–H and O–H groups in total. The van der Waals surface area contributed by atoms with Gasteiger partial charge in [0.25, 0.3) is 6.71 Å². The van der Waals surface area contributed by atoms with Gasteiger partial charge < -0.3 is 18.8 Å². The first-order valence-electron chi connectivity index (χ1n) is 20.6. The molecule has 0 radical (unpaired) electrons. The summed E-state index contributed by atoms with van der Waals surface area (Å²) < 4.78 is 19.4. The van der Waals surface area contributed by atoms with E-state index in [9.17, 15) is 0 Å². The summed E-state index contributed by atoms with van der Waals surface area (Å²) in [6.07, 6.45) is 0. The molecule has 0 bridgehead atoms. The standard InChI is InChI=1S/C51H57BN2O3/c1-29-23-42-46(56-28-55-42)30(2)45(29)54-40-27-34(51(12,13)14)26-39-44(40)52(43-36-24-32(49(6,7)8)18-22-41(36)57-47(43)54)37-25-33(50(9,10)11)17-21-38(37)53(39)35-19-15-31(16-20-35)48(3,4)5/h15-27H,28H2,1-14H3. The minimum absolute atomic E-state index is 0.0399. The molecule has 3 aliphatic rings. The Bertz CT molecular complexity index is 2620. The van der Waals surface area contributed by atoms with Gasteiger partial charge in [0.1, 0.15) is 5.58 Å². The second kappa shape index (κ2) is 12.2. The van der Waals surface area contributed by atoms with E-state index in [1.165, 1.54) is 50.0 Å². The highest BCUT2D eigenvalue weighted by atomic mass is 16.7. The van der Waals surface area contributed by atoms with Crippen molar-refractivity contribution < 1.29 is 13.9 Å². The third-order valence-corrected chi connectivity index (χ3v) is 12.6. The summed E-state index contributed by atoms with van der Waals surface area (Å²) in [5, 5.41) is 1.16. The molecule has 0 unspecified atom stereocenters. The van der Waals surface area contributed by atoms with E-state index in [0.29, 0.717) is 0 Å². The summed E-state index contributed by atoms with van der Waals surface area (Å²) in [5.41, 5.74) is 17.6. The van der Waals surface area contributed by atoms with Crippen molar-refractivity contribution in [3.8, 4) is 11.5 Å². The summed E-state index contributed by atoms with van der Waals surface area (Å²) >= 11 is 0. The monoisotopic (exact) mass is 756 g/mol. The number of fused-ring (bicyclic) bond motifs is 7. The largest absolute Gasteiger partial charge is 0.454 e. The minimum Gasteiger partial charge on any atom is -0.454 e. The molecule has 5 nitrogen and oxygen atoms in total. The lowest BCUT2D eigenvalue weighted by Crippen LogP contribution is -2.61. The smallest absolute Gasteiger partial charge is 0.257 e. The highest BCUT2D eigenvalue weighted by molar-refractivity contribution is 7.01. The number of hydrogen-bond acceptors (Lipinski definition) is 5. The quantitative estimate of drug-likeness (QED) is 0.164. The van der Waals surface area contributed by atoms with Gasteiger partial charge >= 0.3 is 0 Å². The van der Waals surface area contributed by atoms with Crippen molar-refractivity contribution >= 4 is 68.4 Å². The van der Waals surface area contributed by atoms with Crippen LogP contribution in [-0.4, -0.2) is 13.5 Å². The van der Waals surface area contributed by atoms with Gasteiger partial charge in [-0.25, -0.2) is 0 Å². The van der Waals surface area contributed by atoms with E-state index < -0.39 is 0 Å². The van der Waals surface area contributed by atoms with Crippen molar-refractivity contribution in [1.82, 2.24) is 0 Å². The second-order valence-corrected chi connectivity index (χ2v) is 20.8. The molecule has 0 amide bonds.